The molecule has 0 spiro atoms. The molecule has 7 nitrogen and oxygen atoms in total. The number of aryl methyl sites for hydroxylation is 1. The highest BCUT2D eigenvalue weighted by molar-refractivity contribution is 7.89. The van der Waals surface area contributed by atoms with Crippen LogP contribution in [-0.2, 0) is 16.6 Å². The lowest BCUT2D eigenvalue weighted by Gasteiger charge is -2.18. The lowest BCUT2D eigenvalue weighted by atomic mass is 10.3. The molecule has 2 heterocycles. The van der Waals surface area contributed by atoms with Crippen LogP contribution in [0.2, 0.25) is 0 Å². The van der Waals surface area contributed by atoms with Crippen molar-refractivity contribution < 1.29 is 17.6 Å². The molecule has 25 heavy (non-hydrogen) atoms. The van der Waals surface area contributed by atoms with Crippen LogP contribution in [0.4, 0.5) is 0 Å². The summed E-state index contributed by atoms with van der Waals surface area (Å²) in [5, 5.41) is 4.13. The first-order valence-electron chi connectivity index (χ1n) is 7.61. The van der Waals surface area contributed by atoms with Gasteiger partial charge in [0, 0.05) is 19.4 Å². The molecule has 0 radical (unpaired) electrons. The summed E-state index contributed by atoms with van der Waals surface area (Å²) in [7, 11) is -0.828. The van der Waals surface area contributed by atoms with Gasteiger partial charge in [0.2, 0.25) is 10.0 Å². The third-order valence-electron chi connectivity index (χ3n) is 3.78. The van der Waals surface area contributed by atoms with Gasteiger partial charge < -0.3 is 9.15 Å². The number of aromatic nitrogens is 2. The fourth-order valence-electron chi connectivity index (χ4n) is 2.47. The number of ether oxygens (including phenoxy) is 1. The topological polar surface area (TPSA) is 77.6 Å². The molecule has 3 aromatic rings. The highest BCUT2D eigenvalue weighted by Crippen LogP contribution is 2.29. The zero-order valence-electron chi connectivity index (χ0n) is 14.2. The summed E-state index contributed by atoms with van der Waals surface area (Å²) in [5.74, 6) is 1.59. The van der Waals surface area contributed by atoms with Gasteiger partial charge in [-0.05, 0) is 43.3 Å². The second-order valence-corrected chi connectivity index (χ2v) is 7.57. The molecule has 8 heteroatoms. The van der Waals surface area contributed by atoms with E-state index in [2.05, 4.69) is 5.10 Å². The van der Waals surface area contributed by atoms with Crippen LogP contribution in [0.1, 0.15) is 11.5 Å². The standard InChI is InChI=1S/C17H19N3O4S/c1-13-5-7-15(24-13)12-19(2)25(21,22)17-11-14(6-8-16(17)23-3)20-10-4-9-18-20/h4-11H,12H2,1-3H3. The zero-order valence-corrected chi connectivity index (χ0v) is 15.0. The number of hydrogen-bond acceptors (Lipinski definition) is 5. The molecule has 0 unspecified atom stereocenters. The number of benzene rings is 1. The Hall–Kier alpha value is -2.58. The normalized spacial score (nSPS) is 11.8. The van der Waals surface area contributed by atoms with Gasteiger partial charge in [-0.3, -0.25) is 0 Å². The second-order valence-electron chi connectivity index (χ2n) is 5.56. The minimum atomic E-state index is -3.78. The van der Waals surface area contributed by atoms with Crippen LogP contribution >= 0.6 is 0 Å². The maximum Gasteiger partial charge on any atom is 0.246 e. The van der Waals surface area contributed by atoms with E-state index in [4.69, 9.17) is 9.15 Å². The highest BCUT2D eigenvalue weighted by atomic mass is 32.2. The summed E-state index contributed by atoms with van der Waals surface area (Å²) >= 11 is 0. The van der Waals surface area contributed by atoms with Gasteiger partial charge in [0.05, 0.1) is 19.3 Å². The van der Waals surface area contributed by atoms with E-state index in [0.717, 1.165) is 5.76 Å². The summed E-state index contributed by atoms with van der Waals surface area (Å²) in [6.45, 7) is 1.94. The molecule has 0 amide bonds. The van der Waals surface area contributed by atoms with E-state index in [1.54, 1.807) is 53.5 Å². The molecular formula is C17H19N3O4S. The molecular weight excluding hydrogens is 342 g/mol. The van der Waals surface area contributed by atoms with Crippen LogP contribution in [0.25, 0.3) is 5.69 Å². The van der Waals surface area contributed by atoms with Crippen molar-refractivity contribution in [1.82, 2.24) is 14.1 Å². The Bertz CT molecular complexity index is 962. The Kier molecular flexibility index (Phi) is 4.65. The smallest absolute Gasteiger partial charge is 0.246 e. The molecule has 0 bridgehead atoms. The number of nitrogens with zero attached hydrogens (tertiary/aromatic N) is 3. The molecule has 132 valence electrons. The van der Waals surface area contributed by atoms with E-state index in [0.29, 0.717) is 11.4 Å². The molecule has 0 atom stereocenters. The van der Waals surface area contributed by atoms with Gasteiger partial charge in [-0.1, -0.05) is 0 Å². The van der Waals surface area contributed by atoms with Crippen LogP contribution < -0.4 is 4.74 Å². The first-order chi connectivity index (χ1) is 11.9. The second kappa shape index (κ2) is 6.73. The maximum atomic E-state index is 13.0. The zero-order chi connectivity index (χ0) is 18.0. The Morgan fingerprint density at radius 1 is 1.28 bits per heavy atom. The van der Waals surface area contributed by atoms with Gasteiger partial charge in [0.25, 0.3) is 0 Å². The van der Waals surface area contributed by atoms with Crippen molar-refractivity contribution in [2.24, 2.45) is 0 Å². The van der Waals surface area contributed by atoms with Gasteiger partial charge in [0.1, 0.15) is 22.2 Å². The number of sulfonamides is 1. The number of hydrogen-bond donors (Lipinski definition) is 0. The number of furan rings is 1. The minimum Gasteiger partial charge on any atom is -0.495 e. The van der Waals surface area contributed by atoms with E-state index in [1.807, 2.05) is 6.92 Å². The van der Waals surface area contributed by atoms with Crippen LogP contribution in [0, 0.1) is 6.92 Å². The lowest BCUT2D eigenvalue weighted by molar-refractivity contribution is 0.384. The molecule has 0 aliphatic carbocycles. The fraction of sp³-hybridized carbons (Fsp3) is 0.235. The van der Waals surface area contributed by atoms with Gasteiger partial charge >= 0.3 is 0 Å². The Labute approximate surface area is 146 Å². The fourth-order valence-corrected chi connectivity index (χ4v) is 3.78. The van der Waals surface area contributed by atoms with E-state index < -0.39 is 10.0 Å². The molecule has 0 fully saturated rings. The Morgan fingerprint density at radius 3 is 2.68 bits per heavy atom. The minimum absolute atomic E-state index is 0.0776. The third kappa shape index (κ3) is 3.45. The van der Waals surface area contributed by atoms with Crippen LogP contribution in [0.15, 0.2) is 58.1 Å². The predicted molar refractivity (Wildman–Crippen MR) is 92.2 cm³/mol. The van der Waals surface area contributed by atoms with Crippen molar-refractivity contribution in [1.29, 1.82) is 0 Å². The molecule has 0 aliphatic heterocycles. The maximum absolute atomic E-state index is 13.0. The van der Waals surface area contributed by atoms with Crippen LogP contribution in [0.3, 0.4) is 0 Å². The monoisotopic (exact) mass is 361 g/mol. The highest BCUT2D eigenvalue weighted by Gasteiger charge is 2.26. The summed E-state index contributed by atoms with van der Waals surface area (Å²) < 4.78 is 39.6. The van der Waals surface area contributed by atoms with E-state index in [1.165, 1.54) is 18.5 Å². The first-order valence-corrected chi connectivity index (χ1v) is 9.05. The average molecular weight is 361 g/mol. The summed E-state index contributed by atoms with van der Waals surface area (Å²) in [6.07, 6.45) is 3.37. The SMILES string of the molecule is COc1ccc(-n2cccn2)cc1S(=O)(=O)N(C)Cc1ccc(C)o1. The van der Waals surface area contributed by atoms with Crippen molar-refractivity contribution in [3.05, 3.63) is 60.3 Å². The summed E-state index contributed by atoms with van der Waals surface area (Å²) in [5.41, 5.74) is 0.631. The first kappa shape index (κ1) is 17.2. The molecule has 2 aromatic heterocycles. The molecule has 3 rings (SSSR count). The molecule has 0 N–H and O–H groups in total. The third-order valence-corrected chi connectivity index (χ3v) is 5.60. The van der Waals surface area contributed by atoms with Crippen molar-refractivity contribution in [2.75, 3.05) is 14.2 Å². The van der Waals surface area contributed by atoms with Crippen molar-refractivity contribution >= 4 is 10.0 Å². The molecule has 0 saturated heterocycles. The summed E-state index contributed by atoms with van der Waals surface area (Å²) in [6, 6.07) is 10.2. The Morgan fingerprint density at radius 2 is 2.08 bits per heavy atom. The van der Waals surface area contributed by atoms with E-state index in [-0.39, 0.29) is 17.2 Å². The average Bonchev–Trinajstić information content (AvgIpc) is 3.26. The van der Waals surface area contributed by atoms with Crippen LogP contribution in [-0.4, -0.2) is 36.7 Å². The quantitative estimate of drug-likeness (QED) is 0.674. The van der Waals surface area contributed by atoms with E-state index >= 15 is 0 Å². The predicted octanol–water partition coefficient (Wildman–Crippen LogP) is 2.60. The number of rotatable bonds is 6. The van der Waals surface area contributed by atoms with Gasteiger partial charge in [-0.15, -0.1) is 0 Å². The van der Waals surface area contributed by atoms with Crippen LogP contribution in [0.5, 0.6) is 5.75 Å². The van der Waals surface area contributed by atoms with Gasteiger partial charge in [-0.2, -0.15) is 9.40 Å². The molecule has 0 saturated carbocycles. The lowest BCUT2D eigenvalue weighted by Crippen LogP contribution is -2.27. The van der Waals surface area contributed by atoms with Crippen molar-refractivity contribution in [3.63, 3.8) is 0 Å². The van der Waals surface area contributed by atoms with Gasteiger partial charge in [-0.25, -0.2) is 13.1 Å². The largest absolute Gasteiger partial charge is 0.495 e. The molecule has 0 aliphatic rings. The molecule has 1 aromatic carbocycles. The van der Waals surface area contributed by atoms with Crippen molar-refractivity contribution in [2.45, 2.75) is 18.4 Å². The Balaban J connectivity index is 1.98. The number of methoxy groups -OCH3 is 1. The van der Waals surface area contributed by atoms with Gasteiger partial charge in [0.15, 0.2) is 0 Å². The summed E-state index contributed by atoms with van der Waals surface area (Å²) in [4.78, 5) is 0.0776. The van der Waals surface area contributed by atoms with Crippen molar-refractivity contribution in [3.8, 4) is 11.4 Å². The van der Waals surface area contributed by atoms with E-state index in [9.17, 15) is 8.42 Å².